The fourth-order valence-electron chi connectivity index (χ4n) is 13.1. The highest BCUT2D eigenvalue weighted by Crippen LogP contribution is 2.64. The molecule has 10 aromatic carbocycles. The largest absolute Gasteiger partial charge is 0.310 e. The molecule has 1 aromatic heterocycles. The first-order chi connectivity index (χ1) is 36.3. The first-order valence-electron chi connectivity index (χ1n) is 26.7. The number of benzene rings is 10. The molecule has 0 N–H and O–H groups in total. The first kappa shape index (κ1) is 46.4. The molecule has 0 amide bonds. The number of nitrogens with zero attached hydrogens (tertiary/aromatic N) is 3. The summed E-state index contributed by atoms with van der Waals surface area (Å²) in [5.74, 6) is 0. The molecule has 13 rings (SSSR count). The maximum atomic E-state index is 2.59. The minimum atomic E-state index is -0.205. The molecule has 0 saturated carbocycles. The number of rotatable bonds is 9. The van der Waals surface area contributed by atoms with Gasteiger partial charge in [0, 0.05) is 55.6 Å². The van der Waals surface area contributed by atoms with Crippen LogP contribution in [-0.2, 0) is 16.2 Å². The molecule has 0 radical (unpaired) electrons. The Morgan fingerprint density at radius 1 is 0.307 bits per heavy atom. The van der Waals surface area contributed by atoms with Gasteiger partial charge in [-0.1, -0.05) is 213 Å². The third kappa shape index (κ3) is 6.94. The third-order valence-electron chi connectivity index (χ3n) is 18.3. The molecule has 0 fully saturated rings. The summed E-state index contributed by atoms with van der Waals surface area (Å²) >= 11 is 0. The van der Waals surface area contributed by atoms with E-state index in [9.17, 15) is 0 Å². The fourth-order valence-corrected chi connectivity index (χ4v) is 13.1. The lowest BCUT2D eigenvalue weighted by Crippen LogP contribution is -2.42. The van der Waals surface area contributed by atoms with Gasteiger partial charge in [-0.2, -0.15) is 0 Å². The third-order valence-corrected chi connectivity index (χ3v) is 18.3. The Morgan fingerprint density at radius 3 is 1.55 bits per heavy atom. The molecule has 0 saturated heterocycles. The van der Waals surface area contributed by atoms with E-state index in [0.29, 0.717) is 0 Å². The van der Waals surface area contributed by atoms with Crippen LogP contribution < -0.4 is 9.80 Å². The molecule has 75 heavy (non-hydrogen) atoms. The Bertz CT molecular complexity index is 4010. The zero-order chi connectivity index (χ0) is 51.4. The van der Waals surface area contributed by atoms with Crippen molar-refractivity contribution < 1.29 is 0 Å². The van der Waals surface area contributed by atoms with Crippen LogP contribution >= 0.6 is 0 Å². The second-order valence-electron chi connectivity index (χ2n) is 23.0. The number of hydrogen-bond acceptors (Lipinski definition) is 2. The van der Waals surface area contributed by atoms with Gasteiger partial charge in [-0.15, -0.1) is 0 Å². The molecule has 1 heterocycles. The van der Waals surface area contributed by atoms with E-state index in [1.165, 1.54) is 66.4 Å². The monoisotopic (exact) mass is 970 g/mol. The SMILES string of the molecule is CC1(C)c2ccccc2-c2ccc(N(c3ccc4c5ccccc5n(-c5ccccc5)c4c3)c3cc4c(cc3-c3ccccc3N(c3ccccc3)c3ccccc3-c3ccccc3)C(C)(C)C(C)(C)C4(C)C)cc21. The molecule has 2 aliphatic rings. The van der Waals surface area contributed by atoms with Crippen LogP contribution in [0.5, 0.6) is 0 Å². The molecular weight excluding hydrogens is 907 g/mol. The second-order valence-corrected chi connectivity index (χ2v) is 23.0. The van der Waals surface area contributed by atoms with Crippen molar-refractivity contribution in [3.63, 3.8) is 0 Å². The standard InChI is InChI=1S/C72H63N3/c1-69(2)60-36-22-18-33-54(60)55-42-40-51(44-61(55)69)73(52-41-43-58-56-34-20-24-38-65(56)75(67(58)45-52)50-30-16-11-17-31-50)68-47-63-62(70(3,4)72(7,8)71(63,5)6)46-59(68)57-35-21-25-39-66(57)74(49-28-14-10-15-29-49)64-37-23-19-32-53(64)48-26-12-9-13-27-48/h9-47H,1-8H3. The molecule has 11 aromatic rings. The van der Waals surface area contributed by atoms with Crippen LogP contribution in [-0.4, -0.2) is 4.57 Å². The van der Waals surface area contributed by atoms with Gasteiger partial charge in [0.25, 0.3) is 0 Å². The Balaban J connectivity index is 1.14. The summed E-state index contributed by atoms with van der Waals surface area (Å²) < 4.78 is 2.45. The fraction of sp³-hybridized carbons (Fsp3) is 0.167. The van der Waals surface area contributed by atoms with E-state index in [1.807, 2.05) is 0 Å². The molecule has 3 heteroatoms. The highest BCUT2D eigenvalue weighted by molar-refractivity contribution is 6.11. The molecule has 2 aliphatic carbocycles. The summed E-state index contributed by atoms with van der Waals surface area (Å²) in [5.41, 5.74) is 22.3. The van der Waals surface area contributed by atoms with Crippen molar-refractivity contribution in [3.8, 4) is 39.1 Å². The normalized spacial score (nSPS) is 15.4. The topological polar surface area (TPSA) is 11.4 Å². The first-order valence-corrected chi connectivity index (χ1v) is 26.7. The molecule has 366 valence electrons. The van der Waals surface area contributed by atoms with E-state index < -0.39 is 0 Å². The van der Waals surface area contributed by atoms with E-state index in [2.05, 4.69) is 306 Å². The Hall–Kier alpha value is -8.40. The summed E-state index contributed by atoms with van der Waals surface area (Å²) in [6.45, 7) is 19.6. The number of aromatic nitrogens is 1. The number of anilines is 6. The lowest BCUT2D eigenvalue weighted by molar-refractivity contribution is 0.125. The van der Waals surface area contributed by atoms with Gasteiger partial charge in [-0.05, 0) is 134 Å². The van der Waals surface area contributed by atoms with E-state index in [4.69, 9.17) is 0 Å². The van der Waals surface area contributed by atoms with Gasteiger partial charge in [0.2, 0.25) is 0 Å². The minimum absolute atomic E-state index is 0.0772. The molecular formula is C72H63N3. The quantitative estimate of drug-likeness (QED) is 0.143. The van der Waals surface area contributed by atoms with Gasteiger partial charge in [0.05, 0.1) is 28.1 Å². The maximum absolute atomic E-state index is 2.59. The zero-order valence-corrected chi connectivity index (χ0v) is 44.4. The molecule has 0 aliphatic heterocycles. The van der Waals surface area contributed by atoms with E-state index in [1.54, 1.807) is 0 Å². The van der Waals surface area contributed by atoms with Crippen LogP contribution in [0.2, 0.25) is 0 Å². The van der Waals surface area contributed by atoms with E-state index >= 15 is 0 Å². The average molecular weight is 970 g/mol. The Kier molecular flexibility index (Phi) is 10.6. The highest BCUT2D eigenvalue weighted by Gasteiger charge is 2.57. The minimum Gasteiger partial charge on any atom is -0.310 e. The number of fused-ring (bicyclic) bond motifs is 7. The van der Waals surface area contributed by atoms with Crippen LogP contribution in [0.15, 0.2) is 237 Å². The molecule has 0 spiro atoms. The average Bonchev–Trinajstić information content (AvgIpc) is 3.94. The summed E-state index contributed by atoms with van der Waals surface area (Å²) in [6, 6.07) is 88.0. The van der Waals surface area contributed by atoms with Crippen molar-refractivity contribution in [1.82, 2.24) is 4.57 Å². The summed E-state index contributed by atoms with van der Waals surface area (Å²) in [4.78, 5) is 5.08. The number of para-hydroxylation sites is 5. The van der Waals surface area contributed by atoms with Gasteiger partial charge in [-0.25, -0.2) is 0 Å². The molecule has 3 nitrogen and oxygen atoms in total. The smallest absolute Gasteiger partial charge is 0.0561 e. The van der Waals surface area contributed by atoms with Crippen LogP contribution in [0.4, 0.5) is 34.1 Å². The van der Waals surface area contributed by atoms with E-state index in [-0.39, 0.29) is 21.7 Å². The van der Waals surface area contributed by atoms with Crippen molar-refractivity contribution in [1.29, 1.82) is 0 Å². The lowest BCUT2D eigenvalue weighted by atomic mass is 9.59. The van der Waals surface area contributed by atoms with Crippen molar-refractivity contribution in [3.05, 3.63) is 259 Å². The highest BCUT2D eigenvalue weighted by atomic mass is 15.2. The Morgan fingerprint density at radius 2 is 0.827 bits per heavy atom. The lowest BCUT2D eigenvalue weighted by Gasteiger charge is -2.44. The van der Waals surface area contributed by atoms with Crippen LogP contribution in [0.3, 0.4) is 0 Å². The van der Waals surface area contributed by atoms with Crippen LogP contribution in [0.1, 0.15) is 77.6 Å². The molecule has 0 unspecified atom stereocenters. The van der Waals surface area contributed by atoms with Gasteiger partial charge in [0.15, 0.2) is 0 Å². The summed E-state index contributed by atoms with van der Waals surface area (Å²) in [5, 5.41) is 2.46. The van der Waals surface area contributed by atoms with Crippen molar-refractivity contribution >= 4 is 55.9 Å². The molecule has 0 atom stereocenters. The van der Waals surface area contributed by atoms with Crippen LogP contribution in [0, 0.1) is 5.41 Å². The van der Waals surface area contributed by atoms with Gasteiger partial charge < -0.3 is 14.4 Å². The van der Waals surface area contributed by atoms with Crippen molar-refractivity contribution in [2.24, 2.45) is 5.41 Å². The van der Waals surface area contributed by atoms with Crippen molar-refractivity contribution in [2.75, 3.05) is 9.80 Å². The van der Waals surface area contributed by atoms with Crippen molar-refractivity contribution in [2.45, 2.75) is 71.6 Å². The van der Waals surface area contributed by atoms with Gasteiger partial charge >= 0.3 is 0 Å². The predicted molar refractivity (Wildman–Crippen MR) is 318 cm³/mol. The zero-order valence-electron chi connectivity index (χ0n) is 44.4. The van der Waals surface area contributed by atoms with E-state index in [0.717, 1.165) is 50.9 Å². The second kappa shape index (κ2) is 17.1. The molecule has 0 bridgehead atoms. The van der Waals surface area contributed by atoms with Gasteiger partial charge in [0.1, 0.15) is 0 Å². The van der Waals surface area contributed by atoms with Crippen LogP contribution in [0.25, 0.3) is 60.9 Å². The number of hydrogen-bond donors (Lipinski definition) is 0. The maximum Gasteiger partial charge on any atom is 0.0561 e. The summed E-state index contributed by atoms with van der Waals surface area (Å²) in [6.07, 6.45) is 0. The predicted octanol–water partition coefficient (Wildman–Crippen LogP) is 20.0. The van der Waals surface area contributed by atoms with Gasteiger partial charge in [-0.3, -0.25) is 0 Å². The Labute approximate surface area is 443 Å². The summed E-state index contributed by atoms with van der Waals surface area (Å²) in [7, 11) is 0.